The third-order valence-electron chi connectivity index (χ3n) is 8.47. The second-order valence-electron chi connectivity index (χ2n) is 9.22. The van der Waals surface area contributed by atoms with E-state index >= 15 is 0 Å². The zero-order valence-electron chi connectivity index (χ0n) is 15.8. The van der Waals surface area contributed by atoms with Crippen molar-refractivity contribution in [3.63, 3.8) is 0 Å². The van der Waals surface area contributed by atoms with E-state index < -0.39 is 0 Å². The van der Waals surface area contributed by atoms with E-state index in [0.717, 1.165) is 44.9 Å². The largest absolute Gasteiger partial charge is 0.389 e. The maximum atomic E-state index is 12.5. The fourth-order valence-electron chi connectivity index (χ4n) is 7.33. The number of Topliss-reactive ketones (excluding diaryl/α,β-unsaturated/α-hetero) is 1. The van der Waals surface area contributed by atoms with Crippen LogP contribution < -0.4 is 0 Å². The Morgan fingerprint density at radius 2 is 2.08 bits per heavy atom. The number of fused-ring (bicyclic) bond motifs is 5. The average Bonchev–Trinajstić information content (AvgIpc) is 3.01. The van der Waals surface area contributed by atoms with Crippen molar-refractivity contribution in [2.24, 2.45) is 34.5 Å². The molecule has 3 saturated carbocycles. The van der Waals surface area contributed by atoms with Crippen LogP contribution in [-0.2, 0) is 9.59 Å². The molecule has 3 fully saturated rings. The minimum absolute atomic E-state index is 0.0108. The topological polar surface area (TPSA) is 54.4 Å². The minimum Gasteiger partial charge on any atom is -0.389 e. The molecule has 0 aliphatic heterocycles. The number of ketones is 2. The Morgan fingerprint density at radius 1 is 1.27 bits per heavy atom. The number of allylic oxidation sites excluding steroid dienone is 2. The molecular weight excluding hydrogens is 324 g/mol. The summed E-state index contributed by atoms with van der Waals surface area (Å²) >= 11 is 0. The van der Waals surface area contributed by atoms with Gasteiger partial charge in [-0.2, -0.15) is 0 Å². The molecule has 0 aromatic heterocycles. The van der Waals surface area contributed by atoms with Gasteiger partial charge in [0.2, 0.25) is 0 Å². The van der Waals surface area contributed by atoms with E-state index in [-0.39, 0.29) is 29.1 Å². The number of hydrogen-bond acceptors (Lipinski definition) is 3. The summed E-state index contributed by atoms with van der Waals surface area (Å²) in [6.45, 7) is 5.84. The first-order valence-electron chi connectivity index (χ1n) is 10.2. The Labute approximate surface area is 156 Å². The molecular formula is C23H30O3. The van der Waals surface area contributed by atoms with Gasteiger partial charge in [-0.25, -0.2) is 0 Å². The van der Waals surface area contributed by atoms with Gasteiger partial charge in [0.1, 0.15) is 6.61 Å². The molecule has 0 aromatic carbocycles. The number of aliphatic hydroxyl groups is 1. The van der Waals surface area contributed by atoms with Crippen LogP contribution in [-0.4, -0.2) is 23.3 Å². The van der Waals surface area contributed by atoms with Gasteiger partial charge in [-0.15, -0.1) is 5.73 Å². The molecule has 0 spiro atoms. The van der Waals surface area contributed by atoms with Crippen molar-refractivity contribution < 1.29 is 14.7 Å². The minimum atomic E-state index is -0.356. The molecule has 4 aliphatic carbocycles. The fourth-order valence-corrected chi connectivity index (χ4v) is 7.33. The second kappa shape index (κ2) is 6.32. The monoisotopic (exact) mass is 354 g/mol. The van der Waals surface area contributed by atoms with Crippen molar-refractivity contribution >= 4 is 11.6 Å². The predicted octanol–water partition coefficient (Wildman–Crippen LogP) is 4.02. The smallest absolute Gasteiger partial charge is 0.162 e. The Hall–Kier alpha value is -1.44. The highest BCUT2D eigenvalue weighted by molar-refractivity contribution is 5.91. The summed E-state index contributed by atoms with van der Waals surface area (Å²) in [5.41, 5.74) is 4.38. The van der Waals surface area contributed by atoms with Gasteiger partial charge in [0, 0.05) is 17.8 Å². The lowest BCUT2D eigenvalue weighted by atomic mass is 9.46. The molecule has 4 aliphatic rings. The van der Waals surface area contributed by atoms with Crippen molar-refractivity contribution in [2.45, 2.75) is 58.3 Å². The highest BCUT2D eigenvalue weighted by Crippen LogP contribution is 2.67. The van der Waals surface area contributed by atoms with Crippen LogP contribution in [0.5, 0.6) is 0 Å². The van der Waals surface area contributed by atoms with E-state index in [1.54, 1.807) is 0 Å². The van der Waals surface area contributed by atoms with Gasteiger partial charge >= 0.3 is 0 Å². The number of carbonyl (C=O) groups excluding carboxylic acids is 2. The first-order chi connectivity index (χ1) is 12.5. The van der Waals surface area contributed by atoms with Crippen LogP contribution in [0.15, 0.2) is 30.0 Å². The van der Waals surface area contributed by atoms with Gasteiger partial charge in [0.05, 0.1) is 0 Å². The molecule has 140 valence electrons. The lowest BCUT2D eigenvalue weighted by molar-refractivity contribution is -0.131. The van der Waals surface area contributed by atoms with Crippen LogP contribution in [0.1, 0.15) is 58.3 Å². The van der Waals surface area contributed by atoms with Crippen molar-refractivity contribution in [3.8, 4) is 0 Å². The van der Waals surface area contributed by atoms with Crippen LogP contribution in [0.2, 0.25) is 0 Å². The first-order valence-corrected chi connectivity index (χ1v) is 10.2. The SMILES string of the molecule is C=C=C[C@]12CC[C@H]3[C@@H](CCC4=CC(=O)CC[C@@]43C)[C@@H]1CC[C@@H]2C(=O)CO. The molecule has 0 amide bonds. The summed E-state index contributed by atoms with van der Waals surface area (Å²) in [5.74, 6) is 1.89. The van der Waals surface area contributed by atoms with Crippen molar-refractivity contribution in [1.29, 1.82) is 0 Å². The second-order valence-corrected chi connectivity index (χ2v) is 9.22. The van der Waals surface area contributed by atoms with Crippen LogP contribution in [0.4, 0.5) is 0 Å². The molecule has 26 heavy (non-hydrogen) atoms. The molecule has 0 saturated heterocycles. The van der Waals surface area contributed by atoms with Gasteiger partial charge < -0.3 is 5.11 Å². The Kier molecular flexibility index (Phi) is 4.36. The molecule has 0 radical (unpaired) electrons. The van der Waals surface area contributed by atoms with E-state index in [1.165, 1.54) is 5.57 Å². The third-order valence-corrected chi connectivity index (χ3v) is 8.47. The number of carbonyl (C=O) groups is 2. The van der Waals surface area contributed by atoms with Gasteiger partial charge in [0.15, 0.2) is 11.6 Å². The molecule has 0 aromatic rings. The number of rotatable bonds is 3. The summed E-state index contributed by atoms with van der Waals surface area (Å²) < 4.78 is 0. The van der Waals surface area contributed by atoms with Gasteiger partial charge in [-0.1, -0.05) is 19.1 Å². The summed E-state index contributed by atoms with van der Waals surface area (Å²) in [7, 11) is 0. The average molecular weight is 354 g/mol. The molecule has 6 atom stereocenters. The molecule has 0 bridgehead atoms. The van der Waals surface area contributed by atoms with Gasteiger partial charge in [0.25, 0.3) is 0 Å². The van der Waals surface area contributed by atoms with E-state index in [2.05, 4.69) is 25.3 Å². The number of hydrogen-bond donors (Lipinski definition) is 1. The normalized spacial score (nSPS) is 44.2. The summed E-state index contributed by atoms with van der Waals surface area (Å²) in [6, 6.07) is 0. The fraction of sp³-hybridized carbons (Fsp3) is 0.696. The zero-order chi connectivity index (χ0) is 18.5. The summed E-state index contributed by atoms with van der Waals surface area (Å²) in [4.78, 5) is 24.4. The van der Waals surface area contributed by atoms with Crippen LogP contribution in [0.3, 0.4) is 0 Å². The zero-order valence-corrected chi connectivity index (χ0v) is 15.8. The third kappa shape index (κ3) is 2.37. The molecule has 1 N–H and O–H groups in total. The van der Waals surface area contributed by atoms with Crippen LogP contribution in [0.25, 0.3) is 0 Å². The molecule has 0 unspecified atom stereocenters. The number of aliphatic hydroxyl groups excluding tert-OH is 1. The summed E-state index contributed by atoms with van der Waals surface area (Å²) in [5, 5.41) is 9.48. The Balaban J connectivity index is 1.71. The molecule has 3 heteroatoms. The van der Waals surface area contributed by atoms with Crippen molar-refractivity contribution in [1.82, 2.24) is 0 Å². The molecule has 3 nitrogen and oxygen atoms in total. The Bertz CT molecular complexity index is 713. The van der Waals surface area contributed by atoms with E-state index in [9.17, 15) is 14.7 Å². The summed E-state index contributed by atoms with van der Waals surface area (Å²) in [6.07, 6.45) is 11.8. The molecule has 0 heterocycles. The highest BCUT2D eigenvalue weighted by Gasteiger charge is 2.61. The lowest BCUT2D eigenvalue weighted by Crippen LogP contribution is -2.51. The maximum absolute atomic E-state index is 12.5. The predicted molar refractivity (Wildman–Crippen MR) is 100 cm³/mol. The van der Waals surface area contributed by atoms with Gasteiger partial charge in [-0.3, -0.25) is 9.59 Å². The maximum Gasteiger partial charge on any atom is 0.162 e. The van der Waals surface area contributed by atoms with Crippen molar-refractivity contribution in [3.05, 3.63) is 30.0 Å². The van der Waals surface area contributed by atoms with Crippen LogP contribution >= 0.6 is 0 Å². The lowest BCUT2D eigenvalue weighted by Gasteiger charge is -2.58. The van der Waals surface area contributed by atoms with E-state index in [1.807, 2.05) is 6.08 Å². The first kappa shape index (κ1) is 17.9. The highest BCUT2D eigenvalue weighted by atomic mass is 16.3. The standard InChI is InChI=1S/C23H30O3/c1-3-10-23-12-9-18-17(19(23)6-7-20(23)21(26)14-24)5-4-15-13-16(25)8-11-22(15,18)2/h10,13,17-20,24H,1,4-9,11-12,14H2,2H3/t17-,18+,19+,20-,22+,23+/m1/s1. The van der Waals surface area contributed by atoms with Crippen LogP contribution in [0, 0.1) is 34.5 Å². The van der Waals surface area contributed by atoms with E-state index in [0.29, 0.717) is 30.0 Å². The quantitative estimate of drug-likeness (QED) is 0.779. The molecule has 4 rings (SSSR count). The van der Waals surface area contributed by atoms with E-state index in [4.69, 9.17) is 0 Å². The van der Waals surface area contributed by atoms with Gasteiger partial charge in [-0.05, 0) is 80.3 Å². The Morgan fingerprint density at radius 3 is 2.81 bits per heavy atom. The van der Waals surface area contributed by atoms with Crippen molar-refractivity contribution in [2.75, 3.05) is 6.61 Å².